The fraction of sp³-hybridized carbons (Fsp3) is 0.231. The molecular formula is C13H14N4O. The summed E-state index contributed by atoms with van der Waals surface area (Å²) in [6.07, 6.45) is 1.58. The van der Waals surface area contributed by atoms with Crippen molar-refractivity contribution in [1.82, 2.24) is 20.0 Å². The van der Waals surface area contributed by atoms with Crippen LogP contribution in [0.1, 0.15) is 11.5 Å². The molecule has 92 valence electrons. The van der Waals surface area contributed by atoms with Gasteiger partial charge in [0.1, 0.15) is 12.1 Å². The van der Waals surface area contributed by atoms with Gasteiger partial charge in [-0.2, -0.15) is 0 Å². The predicted octanol–water partition coefficient (Wildman–Crippen LogP) is 1.85. The van der Waals surface area contributed by atoms with Crippen LogP contribution in [0.5, 0.6) is 0 Å². The molecule has 0 amide bonds. The number of fused-ring (bicyclic) bond motifs is 1. The molecule has 1 aromatic carbocycles. The molecule has 0 unspecified atom stereocenters. The highest BCUT2D eigenvalue weighted by atomic mass is 16.5. The van der Waals surface area contributed by atoms with Gasteiger partial charge in [-0.05, 0) is 12.1 Å². The average Bonchev–Trinajstić information content (AvgIpc) is 3.00. The van der Waals surface area contributed by atoms with Gasteiger partial charge in [-0.25, -0.2) is 4.98 Å². The van der Waals surface area contributed by atoms with E-state index >= 15 is 0 Å². The fourth-order valence-electron chi connectivity index (χ4n) is 1.98. The molecule has 5 heteroatoms. The molecule has 18 heavy (non-hydrogen) atoms. The van der Waals surface area contributed by atoms with Gasteiger partial charge in [0.25, 0.3) is 0 Å². The van der Waals surface area contributed by atoms with Crippen molar-refractivity contribution in [2.45, 2.75) is 13.1 Å². The minimum Gasteiger partial charge on any atom is -0.364 e. The van der Waals surface area contributed by atoms with Crippen LogP contribution >= 0.6 is 0 Å². The minimum atomic E-state index is 0.680. The Labute approximate surface area is 104 Å². The molecule has 0 atom stereocenters. The van der Waals surface area contributed by atoms with Crippen LogP contribution in [0, 0.1) is 0 Å². The molecule has 0 aliphatic carbocycles. The van der Waals surface area contributed by atoms with Crippen LogP contribution < -0.4 is 5.32 Å². The quantitative estimate of drug-likeness (QED) is 0.758. The second-order valence-electron chi connectivity index (χ2n) is 4.17. The molecule has 2 aromatic heterocycles. The van der Waals surface area contributed by atoms with Gasteiger partial charge in [0.2, 0.25) is 0 Å². The maximum atomic E-state index is 4.78. The molecule has 3 rings (SSSR count). The van der Waals surface area contributed by atoms with Crippen molar-refractivity contribution in [3.05, 3.63) is 48.1 Å². The Morgan fingerprint density at radius 3 is 2.89 bits per heavy atom. The highest BCUT2D eigenvalue weighted by Crippen LogP contribution is 2.13. The van der Waals surface area contributed by atoms with E-state index in [1.54, 1.807) is 6.26 Å². The smallest absolute Gasteiger partial charge is 0.124 e. The van der Waals surface area contributed by atoms with Crippen molar-refractivity contribution in [1.29, 1.82) is 0 Å². The number of aryl methyl sites for hydroxylation is 1. The van der Waals surface area contributed by atoms with Gasteiger partial charge in [0, 0.05) is 19.7 Å². The summed E-state index contributed by atoms with van der Waals surface area (Å²) in [5.74, 6) is 1.01. The van der Waals surface area contributed by atoms with Gasteiger partial charge >= 0.3 is 0 Å². The molecule has 0 aliphatic rings. The second kappa shape index (κ2) is 4.62. The Morgan fingerprint density at radius 1 is 1.22 bits per heavy atom. The summed E-state index contributed by atoms with van der Waals surface area (Å²) in [6.45, 7) is 1.39. The first-order valence-electron chi connectivity index (χ1n) is 5.85. The third kappa shape index (κ3) is 2.00. The lowest BCUT2D eigenvalue weighted by Gasteiger charge is -2.03. The van der Waals surface area contributed by atoms with Gasteiger partial charge in [-0.3, -0.25) is 0 Å². The molecule has 0 saturated heterocycles. The summed E-state index contributed by atoms with van der Waals surface area (Å²) in [7, 11) is 2.03. The van der Waals surface area contributed by atoms with Gasteiger partial charge in [0.05, 0.1) is 23.3 Å². The Bertz CT molecular complexity index is 642. The first kappa shape index (κ1) is 11.0. The number of rotatable bonds is 4. The Morgan fingerprint density at radius 2 is 2.11 bits per heavy atom. The van der Waals surface area contributed by atoms with Crippen molar-refractivity contribution in [3.63, 3.8) is 0 Å². The summed E-state index contributed by atoms with van der Waals surface area (Å²) in [5, 5.41) is 7.15. The zero-order chi connectivity index (χ0) is 12.4. The molecular weight excluding hydrogens is 228 g/mol. The van der Waals surface area contributed by atoms with Crippen LogP contribution in [0.25, 0.3) is 11.0 Å². The average molecular weight is 242 g/mol. The van der Waals surface area contributed by atoms with E-state index in [4.69, 9.17) is 4.52 Å². The molecule has 0 aliphatic heterocycles. The maximum Gasteiger partial charge on any atom is 0.124 e. The van der Waals surface area contributed by atoms with Gasteiger partial charge in [0.15, 0.2) is 0 Å². The van der Waals surface area contributed by atoms with E-state index < -0.39 is 0 Å². The lowest BCUT2D eigenvalue weighted by Crippen LogP contribution is -2.15. The molecule has 0 spiro atoms. The standard InChI is InChI=1S/C13H14N4O/c1-17-12-5-3-2-4-11(12)15-13(17)9-14-8-10-6-7-18-16-10/h2-7,14H,8-9H2,1H3. The molecule has 0 bridgehead atoms. The number of para-hydroxylation sites is 2. The Balaban J connectivity index is 1.73. The first-order valence-corrected chi connectivity index (χ1v) is 5.85. The number of nitrogens with zero attached hydrogens (tertiary/aromatic N) is 3. The number of hydrogen-bond donors (Lipinski definition) is 1. The van der Waals surface area contributed by atoms with E-state index in [1.165, 1.54) is 0 Å². The van der Waals surface area contributed by atoms with E-state index in [2.05, 4.69) is 26.1 Å². The van der Waals surface area contributed by atoms with Gasteiger partial charge < -0.3 is 14.4 Å². The van der Waals surface area contributed by atoms with Crippen molar-refractivity contribution in [2.24, 2.45) is 7.05 Å². The molecule has 3 aromatic rings. The topological polar surface area (TPSA) is 55.9 Å². The molecule has 2 heterocycles. The third-order valence-corrected chi connectivity index (χ3v) is 2.96. The Kier molecular flexibility index (Phi) is 2.82. The number of imidazole rings is 1. The lowest BCUT2D eigenvalue weighted by molar-refractivity contribution is 0.408. The maximum absolute atomic E-state index is 4.78. The van der Waals surface area contributed by atoms with E-state index in [0.717, 1.165) is 22.6 Å². The van der Waals surface area contributed by atoms with Crippen LogP contribution in [-0.4, -0.2) is 14.7 Å². The predicted molar refractivity (Wildman–Crippen MR) is 67.8 cm³/mol. The summed E-state index contributed by atoms with van der Waals surface area (Å²) in [5.41, 5.74) is 3.07. The zero-order valence-corrected chi connectivity index (χ0v) is 10.1. The molecule has 1 N–H and O–H groups in total. The van der Waals surface area contributed by atoms with Crippen LogP contribution in [0.4, 0.5) is 0 Å². The normalized spacial score (nSPS) is 11.2. The minimum absolute atomic E-state index is 0.680. The summed E-state index contributed by atoms with van der Waals surface area (Å²) >= 11 is 0. The van der Waals surface area contributed by atoms with Gasteiger partial charge in [-0.15, -0.1) is 0 Å². The fourth-order valence-corrected chi connectivity index (χ4v) is 1.98. The van der Waals surface area contributed by atoms with E-state index in [0.29, 0.717) is 13.1 Å². The molecule has 0 fully saturated rings. The summed E-state index contributed by atoms with van der Waals surface area (Å²) in [6, 6.07) is 9.97. The monoisotopic (exact) mass is 242 g/mol. The number of benzene rings is 1. The Hall–Kier alpha value is -2.14. The van der Waals surface area contributed by atoms with Crippen molar-refractivity contribution < 1.29 is 4.52 Å². The van der Waals surface area contributed by atoms with E-state index in [1.807, 2.05) is 31.3 Å². The molecule has 0 saturated carbocycles. The SMILES string of the molecule is Cn1c(CNCc2ccon2)nc2ccccc21. The van der Waals surface area contributed by atoms with Crippen LogP contribution in [0.3, 0.4) is 0 Å². The van der Waals surface area contributed by atoms with Gasteiger partial charge in [-0.1, -0.05) is 17.3 Å². The lowest BCUT2D eigenvalue weighted by atomic mass is 10.3. The zero-order valence-electron chi connectivity index (χ0n) is 10.1. The van der Waals surface area contributed by atoms with Crippen LogP contribution in [0.2, 0.25) is 0 Å². The number of nitrogens with one attached hydrogen (secondary N) is 1. The highest BCUT2D eigenvalue weighted by molar-refractivity contribution is 5.75. The number of hydrogen-bond acceptors (Lipinski definition) is 4. The number of aromatic nitrogens is 3. The van der Waals surface area contributed by atoms with Crippen molar-refractivity contribution in [3.8, 4) is 0 Å². The third-order valence-electron chi connectivity index (χ3n) is 2.96. The van der Waals surface area contributed by atoms with E-state index in [9.17, 15) is 0 Å². The summed E-state index contributed by atoms with van der Waals surface area (Å²) < 4.78 is 6.88. The second-order valence-corrected chi connectivity index (χ2v) is 4.17. The largest absolute Gasteiger partial charge is 0.364 e. The van der Waals surface area contributed by atoms with Crippen molar-refractivity contribution in [2.75, 3.05) is 0 Å². The summed E-state index contributed by atoms with van der Waals surface area (Å²) in [4.78, 5) is 4.59. The van der Waals surface area contributed by atoms with Crippen LogP contribution in [0.15, 0.2) is 41.1 Å². The molecule has 5 nitrogen and oxygen atoms in total. The van der Waals surface area contributed by atoms with Crippen LogP contribution in [-0.2, 0) is 20.1 Å². The molecule has 0 radical (unpaired) electrons. The highest BCUT2D eigenvalue weighted by Gasteiger charge is 2.06. The first-order chi connectivity index (χ1) is 8.84. The van der Waals surface area contributed by atoms with Crippen molar-refractivity contribution >= 4 is 11.0 Å². The van der Waals surface area contributed by atoms with E-state index in [-0.39, 0.29) is 0 Å².